The minimum absolute atomic E-state index is 0.490. The van der Waals surface area contributed by atoms with Crippen LogP contribution in [0.1, 0.15) is 12.6 Å². The Hall–Kier alpha value is -0.870. The Morgan fingerprint density at radius 1 is 1.69 bits per heavy atom. The summed E-state index contributed by atoms with van der Waals surface area (Å²) in [5, 5.41) is 5.25. The van der Waals surface area contributed by atoms with Gasteiger partial charge in [-0.15, -0.1) is 11.3 Å². The predicted molar refractivity (Wildman–Crippen MR) is 55.3 cm³/mol. The van der Waals surface area contributed by atoms with E-state index in [4.69, 9.17) is 0 Å². The maximum Gasteiger partial charge on any atom is 0.193 e. The highest BCUT2D eigenvalue weighted by Crippen LogP contribution is 2.12. The smallest absolute Gasteiger partial charge is 0.193 e. The molecule has 0 saturated heterocycles. The van der Waals surface area contributed by atoms with E-state index in [0.29, 0.717) is 6.04 Å². The molecule has 1 unspecified atom stereocenters. The minimum atomic E-state index is 0.490. The fraction of sp³-hybridized carbons (Fsp3) is 0.444. The molecule has 3 nitrogen and oxygen atoms in total. The summed E-state index contributed by atoms with van der Waals surface area (Å²) in [6.45, 7) is 2.16. The molecule has 2 rings (SSSR count). The maximum absolute atomic E-state index is 4.50. The highest BCUT2D eigenvalue weighted by Gasteiger charge is 2.05. The highest BCUT2D eigenvalue weighted by atomic mass is 32.1. The van der Waals surface area contributed by atoms with E-state index in [1.807, 2.05) is 18.6 Å². The van der Waals surface area contributed by atoms with Crippen LogP contribution in [0.2, 0.25) is 0 Å². The summed E-state index contributed by atoms with van der Waals surface area (Å²) in [4.78, 5) is 5.58. The maximum atomic E-state index is 4.50. The molecule has 0 spiro atoms. The number of aromatic nitrogens is 2. The van der Waals surface area contributed by atoms with Crippen LogP contribution in [0, 0.1) is 0 Å². The van der Waals surface area contributed by atoms with Crippen molar-refractivity contribution in [3.63, 3.8) is 0 Å². The quantitative estimate of drug-likeness (QED) is 0.805. The Balaban J connectivity index is 2.20. The summed E-state index contributed by atoms with van der Waals surface area (Å²) < 4.78 is 2.07. The average Bonchev–Trinajstić information content (AvgIpc) is 2.63. The molecule has 2 aromatic heterocycles. The van der Waals surface area contributed by atoms with Gasteiger partial charge in [-0.05, 0) is 14.0 Å². The van der Waals surface area contributed by atoms with Crippen molar-refractivity contribution >= 4 is 16.3 Å². The lowest BCUT2D eigenvalue weighted by Gasteiger charge is -2.06. The third kappa shape index (κ3) is 1.73. The van der Waals surface area contributed by atoms with Crippen LogP contribution >= 0.6 is 11.3 Å². The lowest BCUT2D eigenvalue weighted by molar-refractivity contribution is 0.602. The zero-order chi connectivity index (χ0) is 9.26. The number of nitrogens with one attached hydrogen (secondary N) is 1. The van der Waals surface area contributed by atoms with Crippen LogP contribution in [0.15, 0.2) is 17.8 Å². The molecule has 1 N–H and O–H groups in total. The third-order valence-corrected chi connectivity index (χ3v) is 2.92. The molecule has 4 heteroatoms. The molecule has 0 aliphatic heterocycles. The van der Waals surface area contributed by atoms with Gasteiger partial charge in [0, 0.05) is 30.2 Å². The molecule has 0 fully saturated rings. The van der Waals surface area contributed by atoms with E-state index in [9.17, 15) is 0 Å². The fourth-order valence-electron chi connectivity index (χ4n) is 1.29. The molecule has 2 heterocycles. The van der Waals surface area contributed by atoms with Gasteiger partial charge in [-0.2, -0.15) is 0 Å². The van der Waals surface area contributed by atoms with Gasteiger partial charge in [-0.1, -0.05) is 0 Å². The topological polar surface area (TPSA) is 29.3 Å². The van der Waals surface area contributed by atoms with E-state index in [2.05, 4.69) is 27.8 Å². The van der Waals surface area contributed by atoms with Crippen molar-refractivity contribution in [2.45, 2.75) is 19.4 Å². The van der Waals surface area contributed by atoms with Gasteiger partial charge in [0.05, 0.1) is 5.69 Å². The summed E-state index contributed by atoms with van der Waals surface area (Å²) >= 11 is 1.67. The molecule has 70 valence electrons. The van der Waals surface area contributed by atoms with Crippen LogP contribution in [0.4, 0.5) is 0 Å². The number of hydrogen-bond acceptors (Lipinski definition) is 3. The fourth-order valence-corrected chi connectivity index (χ4v) is 2.01. The van der Waals surface area contributed by atoms with Crippen LogP contribution in [0.3, 0.4) is 0 Å². The summed E-state index contributed by atoms with van der Waals surface area (Å²) in [7, 11) is 1.98. The van der Waals surface area contributed by atoms with Gasteiger partial charge in [0.25, 0.3) is 0 Å². The van der Waals surface area contributed by atoms with Gasteiger partial charge in [0.15, 0.2) is 4.96 Å². The Bertz CT molecular complexity index is 362. The largest absolute Gasteiger partial charge is 0.317 e. The molecule has 0 saturated carbocycles. The Labute approximate surface area is 81.4 Å². The Kier molecular flexibility index (Phi) is 2.33. The standard InChI is InChI=1S/C9H13N3S/c1-7(10-2)5-8-6-12-3-4-13-9(12)11-8/h3-4,6-7,10H,5H2,1-2H3. The van der Waals surface area contributed by atoms with Gasteiger partial charge >= 0.3 is 0 Å². The van der Waals surface area contributed by atoms with Gasteiger partial charge in [0.1, 0.15) is 0 Å². The van der Waals surface area contributed by atoms with Crippen molar-refractivity contribution in [2.75, 3.05) is 7.05 Å². The van der Waals surface area contributed by atoms with E-state index in [1.165, 1.54) is 0 Å². The summed E-state index contributed by atoms with van der Waals surface area (Å²) in [6, 6.07) is 0.490. The molecule has 13 heavy (non-hydrogen) atoms. The molecular formula is C9H13N3S. The van der Waals surface area contributed by atoms with Gasteiger partial charge < -0.3 is 5.32 Å². The molecule has 0 aromatic carbocycles. The lowest BCUT2D eigenvalue weighted by atomic mass is 10.2. The average molecular weight is 195 g/mol. The second-order valence-electron chi connectivity index (χ2n) is 3.22. The first kappa shape index (κ1) is 8.72. The number of nitrogens with zero attached hydrogens (tertiary/aromatic N) is 2. The van der Waals surface area contributed by atoms with Crippen molar-refractivity contribution in [3.05, 3.63) is 23.5 Å². The Morgan fingerprint density at radius 2 is 2.54 bits per heavy atom. The van der Waals surface area contributed by atoms with Gasteiger partial charge in [0.2, 0.25) is 0 Å². The van der Waals surface area contributed by atoms with Crippen LogP contribution in [0.5, 0.6) is 0 Å². The number of rotatable bonds is 3. The molecule has 0 amide bonds. The van der Waals surface area contributed by atoms with E-state index in [-0.39, 0.29) is 0 Å². The van der Waals surface area contributed by atoms with Crippen LogP contribution in [-0.4, -0.2) is 22.5 Å². The number of fused-ring (bicyclic) bond motifs is 1. The number of likely N-dealkylation sites (N-methyl/N-ethyl adjacent to an activating group) is 1. The van der Waals surface area contributed by atoms with E-state index < -0.39 is 0 Å². The van der Waals surface area contributed by atoms with Crippen molar-refractivity contribution in [1.82, 2.24) is 14.7 Å². The zero-order valence-electron chi connectivity index (χ0n) is 7.82. The van der Waals surface area contributed by atoms with E-state index in [0.717, 1.165) is 17.1 Å². The number of thiazole rings is 1. The summed E-state index contributed by atoms with van der Waals surface area (Å²) in [6.07, 6.45) is 5.13. The van der Waals surface area contributed by atoms with Gasteiger partial charge in [-0.3, -0.25) is 4.40 Å². The third-order valence-electron chi connectivity index (χ3n) is 2.15. The van der Waals surface area contributed by atoms with Crippen LogP contribution < -0.4 is 5.32 Å². The summed E-state index contributed by atoms with van der Waals surface area (Å²) in [5.74, 6) is 0. The molecular weight excluding hydrogens is 182 g/mol. The first-order chi connectivity index (χ1) is 6.29. The zero-order valence-corrected chi connectivity index (χ0v) is 8.64. The first-order valence-electron chi connectivity index (χ1n) is 4.38. The summed E-state index contributed by atoms with van der Waals surface area (Å²) in [5.41, 5.74) is 1.16. The lowest BCUT2D eigenvalue weighted by Crippen LogP contribution is -2.23. The second kappa shape index (κ2) is 3.47. The van der Waals surface area contributed by atoms with Crippen LogP contribution in [-0.2, 0) is 6.42 Å². The van der Waals surface area contributed by atoms with Crippen molar-refractivity contribution in [3.8, 4) is 0 Å². The SMILES string of the molecule is CNC(C)Cc1cn2ccsc2n1. The molecule has 0 aliphatic rings. The van der Waals surface area contributed by atoms with Gasteiger partial charge in [-0.25, -0.2) is 4.98 Å². The molecule has 1 atom stereocenters. The monoisotopic (exact) mass is 195 g/mol. The Morgan fingerprint density at radius 3 is 3.23 bits per heavy atom. The number of imidazole rings is 1. The van der Waals surface area contributed by atoms with Crippen LogP contribution in [0.25, 0.3) is 4.96 Å². The van der Waals surface area contributed by atoms with E-state index >= 15 is 0 Å². The molecule has 0 bridgehead atoms. The molecule has 0 radical (unpaired) electrons. The van der Waals surface area contributed by atoms with E-state index in [1.54, 1.807) is 11.3 Å². The second-order valence-corrected chi connectivity index (χ2v) is 4.09. The first-order valence-corrected chi connectivity index (χ1v) is 5.26. The van der Waals surface area contributed by atoms with Crippen molar-refractivity contribution in [2.24, 2.45) is 0 Å². The van der Waals surface area contributed by atoms with Crippen molar-refractivity contribution < 1.29 is 0 Å². The molecule has 2 aromatic rings. The predicted octanol–water partition coefficient (Wildman–Crippen LogP) is 1.55. The normalized spacial score (nSPS) is 13.7. The molecule has 0 aliphatic carbocycles. The minimum Gasteiger partial charge on any atom is -0.317 e. The highest BCUT2D eigenvalue weighted by molar-refractivity contribution is 7.15. The van der Waals surface area contributed by atoms with Crippen molar-refractivity contribution in [1.29, 1.82) is 0 Å². The number of hydrogen-bond donors (Lipinski definition) is 1.